The average Bonchev–Trinajstić information content (AvgIpc) is 3.17. The zero-order valence-corrected chi connectivity index (χ0v) is 16.0. The van der Waals surface area contributed by atoms with Gasteiger partial charge in [-0.15, -0.1) is 0 Å². The molecular weight excluding hydrogens is 366 g/mol. The number of aryl methyl sites for hydroxylation is 2. The maximum Gasteiger partial charge on any atom is 0.335 e. The van der Waals surface area contributed by atoms with Crippen molar-refractivity contribution in [1.29, 1.82) is 5.26 Å². The Labute approximate surface area is 168 Å². The van der Waals surface area contributed by atoms with Crippen molar-refractivity contribution >= 4 is 23.6 Å². The highest BCUT2D eigenvalue weighted by Gasteiger charge is 2.12. The lowest BCUT2D eigenvalue weighted by atomic mass is 10.1. The molecule has 0 aliphatic rings. The third-order valence-corrected chi connectivity index (χ3v) is 4.57. The summed E-state index contributed by atoms with van der Waals surface area (Å²) in [6.07, 6.45) is 3.22. The van der Waals surface area contributed by atoms with Crippen molar-refractivity contribution < 1.29 is 14.7 Å². The number of nitrogens with zero attached hydrogens (tertiary/aromatic N) is 2. The number of carbonyl (C=O) groups excluding carboxylic acids is 1. The normalized spacial score (nSPS) is 11.0. The first kappa shape index (κ1) is 19.6. The van der Waals surface area contributed by atoms with Crippen LogP contribution in [0.3, 0.4) is 0 Å². The molecule has 0 unspecified atom stereocenters. The number of nitrogens with one attached hydrogen (secondary N) is 1. The molecule has 1 heterocycles. The Morgan fingerprint density at radius 2 is 1.86 bits per heavy atom. The van der Waals surface area contributed by atoms with E-state index >= 15 is 0 Å². The summed E-state index contributed by atoms with van der Waals surface area (Å²) in [5, 5.41) is 21.4. The fourth-order valence-corrected chi connectivity index (χ4v) is 2.85. The Bertz CT molecular complexity index is 1170. The van der Waals surface area contributed by atoms with Crippen molar-refractivity contribution in [2.24, 2.45) is 0 Å². The molecule has 0 fully saturated rings. The van der Waals surface area contributed by atoms with Gasteiger partial charge in [-0.3, -0.25) is 4.79 Å². The van der Waals surface area contributed by atoms with E-state index in [4.69, 9.17) is 0 Å². The minimum absolute atomic E-state index is 0.0578. The second-order valence-corrected chi connectivity index (χ2v) is 6.58. The first-order valence-corrected chi connectivity index (χ1v) is 8.90. The van der Waals surface area contributed by atoms with Crippen molar-refractivity contribution in [2.45, 2.75) is 13.8 Å². The quantitative estimate of drug-likeness (QED) is 0.504. The highest BCUT2D eigenvalue weighted by molar-refractivity contribution is 6.09. The molecule has 0 radical (unpaired) electrons. The predicted octanol–water partition coefficient (Wildman–Crippen LogP) is 4.34. The Morgan fingerprint density at radius 3 is 2.55 bits per heavy atom. The van der Waals surface area contributed by atoms with Gasteiger partial charge in [0, 0.05) is 23.3 Å². The van der Waals surface area contributed by atoms with Gasteiger partial charge in [-0.2, -0.15) is 5.26 Å². The SMILES string of the molecule is Cc1ccc(NC(=O)/C(C#N)=C/c2cccn2-c2cccc(C(=O)O)c2)cc1C. The Morgan fingerprint density at radius 1 is 1.07 bits per heavy atom. The number of benzene rings is 2. The monoisotopic (exact) mass is 385 g/mol. The predicted molar refractivity (Wildman–Crippen MR) is 111 cm³/mol. The summed E-state index contributed by atoms with van der Waals surface area (Å²) in [5.41, 5.74) is 4.06. The molecule has 0 aliphatic heterocycles. The number of carboxylic acids is 1. The minimum atomic E-state index is -1.03. The second kappa shape index (κ2) is 8.28. The van der Waals surface area contributed by atoms with Crippen molar-refractivity contribution in [3.8, 4) is 11.8 Å². The lowest BCUT2D eigenvalue weighted by Gasteiger charge is -2.09. The highest BCUT2D eigenvalue weighted by atomic mass is 16.4. The summed E-state index contributed by atoms with van der Waals surface area (Å²) in [6, 6.07) is 17.4. The fourth-order valence-electron chi connectivity index (χ4n) is 2.85. The summed E-state index contributed by atoms with van der Waals surface area (Å²) in [4.78, 5) is 23.8. The summed E-state index contributed by atoms with van der Waals surface area (Å²) in [5.74, 6) is -1.54. The van der Waals surface area contributed by atoms with Crippen LogP contribution in [0.25, 0.3) is 11.8 Å². The molecule has 144 valence electrons. The van der Waals surface area contributed by atoms with Crippen LogP contribution in [0.2, 0.25) is 0 Å². The maximum absolute atomic E-state index is 12.6. The van der Waals surface area contributed by atoms with Gasteiger partial charge in [0.25, 0.3) is 5.91 Å². The summed E-state index contributed by atoms with van der Waals surface area (Å²) < 4.78 is 1.72. The molecule has 0 atom stereocenters. The summed E-state index contributed by atoms with van der Waals surface area (Å²) in [7, 11) is 0. The number of aromatic nitrogens is 1. The van der Waals surface area contributed by atoms with E-state index in [1.54, 1.807) is 41.1 Å². The number of aromatic carboxylic acids is 1. The zero-order chi connectivity index (χ0) is 21.0. The van der Waals surface area contributed by atoms with Crippen molar-refractivity contribution in [1.82, 2.24) is 4.57 Å². The maximum atomic E-state index is 12.6. The highest BCUT2D eigenvalue weighted by Crippen LogP contribution is 2.19. The molecule has 3 aromatic rings. The number of carbonyl (C=O) groups is 2. The molecule has 0 spiro atoms. The van der Waals surface area contributed by atoms with Gasteiger partial charge in [-0.25, -0.2) is 4.79 Å². The minimum Gasteiger partial charge on any atom is -0.478 e. The van der Waals surface area contributed by atoms with Gasteiger partial charge in [-0.1, -0.05) is 12.1 Å². The lowest BCUT2D eigenvalue weighted by Crippen LogP contribution is -2.14. The van der Waals surface area contributed by atoms with Crippen LogP contribution in [0, 0.1) is 25.2 Å². The standard InChI is InChI=1S/C23H19N3O3/c1-15-8-9-19(11-16(15)2)25-22(27)18(14-24)13-21-7-4-10-26(21)20-6-3-5-17(12-20)23(28)29/h3-13H,1-2H3,(H,25,27)(H,28,29)/b18-13+. The molecule has 1 aromatic heterocycles. The van der Waals surface area contributed by atoms with Crippen LogP contribution in [-0.4, -0.2) is 21.6 Å². The molecule has 0 bridgehead atoms. The third-order valence-electron chi connectivity index (χ3n) is 4.57. The fraction of sp³-hybridized carbons (Fsp3) is 0.0870. The Balaban J connectivity index is 1.90. The van der Waals surface area contributed by atoms with Crippen LogP contribution in [0.4, 0.5) is 5.69 Å². The molecule has 1 amide bonds. The largest absolute Gasteiger partial charge is 0.478 e. The number of amides is 1. The number of anilines is 1. The van der Waals surface area contributed by atoms with Gasteiger partial charge in [0.1, 0.15) is 11.6 Å². The molecular formula is C23H19N3O3. The first-order valence-electron chi connectivity index (χ1n) is 8.90. The van der Waals surface area contributed by atoms with Crippen LogP contribution < -0.4 is 5.32 Å². The average molecular weight is 385 g/mol. The van der Waals surface area contributed by atoms with E-state index in [0.717, 1.165) is 11.1 Å². The number of hydrogen-bond donors (Lipinski definition) is 2. The second-order valence-electron chi connectivity index (χ2n) is 6.58. The molecule has 2 N–H and O–H groups in total. The molecule has 29 heavy (non-hydrogen) atoms. The van der Waals surface area contributed by atoms with Gasteiger partial charge < -0.3 is 15.0 Å². The van der Waals surface area contributed by atoms with E-state index in [0.29, 0.717) is 17.1 Å². The van der Waals surface area contributed by atoms with Gasteiger partial charge in [0.2, 0.25) is 0 Å². The van der Waals surface area contributed by atoms with Gasteiger partial charge in [-0.05, 0) is 73.5 Å². The molecule has 3 rings (SSSR count). The molecule has 0 saturated heterocycles. The topological polar surface area (TPSA) is 95.1 Å². The van der Waals surface area contributed by atoms with E-state index < -0.39 is 11.9 Å². The zero-order valence-electron chi connectivity index (χ0n) is 16.0. The van der Waals surface area contributed by atoms with Gasteiger partial charge >= 0.3 is 5.97 Å². The number of carboxylic acid groups (broad SMARTS) is 1. The van der Waals surface area contributed by atoms with Crippen LogP contribution >= 0.6 is 0 Å². The molecule has 6 heteroatoms. The summed E-state index contributed by atoms with van der Waals surface area (Å²) >= 11 is 0. The van der Waals surface area contributed by atoms with Crippen LogP contribution in [0.1, 0.15) is 27.2 Å². The van der Waals surface area contributed by atoms with E-state index in [2.05, 4.69) is 5.32 Å². The van der Waals surface area contributed by atoms with E-state index in [9.17, 15) is 20.0 Å². The van der Waals surface area contributed by atoms with Crippen LogP contribution in [-0.2, 0) is 4.79 Å². The number of hydrogen-bond acceptors (Lipinski definition) is 3. The third kappa shape index (κ3) is 4.42. The van der Waals surface area contributed by atoms with Gasteiger partial charge in [0.05, 0.1) is 5.56 Å². The van der Waals surface area contributed by atoms with E-state index in [1.165, 1.54) is 18.2 Å². The molecule has 0 aliphatic carbocycles. The number of rotatable bonds is 5. The number of nitriles is 1. The van der Waals surface area contributed by atoms with E-state index in [-0.39, 0.29) is 11.1 Å². The Hall–Kier alpha value is -4.11. The van der Waals surface area contributed by atoms with Gasteiger partial charge in [0.15, 0.2) is 0 Å². The van der Waals surface area contributed by atoms with E-state index in [1.807, 2.05) is 32.0 Å². The summed E-state index contributed by atoms with van der Waals surface area (Å²) in [6.45, 7) is 3.93. The van der Waals surface area contributed by atoms with Crippen molar-refractivity contribution in [3.63, 3.8) is 0 Å². The molecule has 0 saturated carbocycles. The van der Waals surface area contributed by atoms with Crippen molar-refractivity contribution in [2.75, 3.05) is 5.32 Å². The smallest absolute Gasteiger partial charge is 0.335 e. The first-order chi connectivity index (χ1) is 13.9. The molecule has 2 aromatic carbocycles. The lowest BCUT2D eigenvalue weighted by molar-refractivity contribution is -0.112. The van der Waals surface area contributed by atoms with Crippen LogP contribution in [0.5, 0.6) is 0 Å². The van der Waals surface area contributed by atoms with Crippen molar-refractivity contribution in [3.05, 3.63) is 88.8 Å². The molecule has 6 nitrogen and oxygen atoms in total. The van der Waals surface area contributed by atoms with Crippen LogP contribution in [0.15, 0.2) is 66.4 Å². The Kier molecular flexibility index (Phi) is 5.61.